The van der Waals surface area contributed by atoms with Crippen molar-refractivity contribution < 1.29 is 14.3 Å². The molecule has 2 aromatic carbocycles. The second-order valence-electron chi connectivity index (χ2n) is 8.12. The summed E-state index contributed by atoms with van der Waals surface area (Å²) < 4.78 is 13.0. The zero-order valence-electron chi connectivity index (χ0n) is 18.3. The number of benzene rings is 2. The van der Waals surface area contributed by atoms with E-state index < -0.39 is 0 Å². The van der Waals surface area contributed by atoms with Crippen molar-refractivity contribution in [1.82, 2.24) is 19.7 Å². The third-order valence-corrected chi connectivity index (χ3v) is 6.92. The first-order valence-electron chi connectivity index (χ1n) is 10.8. The molecular weight excluding hydrogens is 424 g/mol. The average molecular weight is 451 g/mol. The summed E-state index contributed by atoms with van der Waals surface area (Å²) >= 11 is 1.46. The maximum atomic E-state index is 13.1. The molecule has 3 aromatic rings. The molecule has 166 valence electrons. The molecule has 0 atom stereocenters. The minimum Gasteiger partial charge on any atom is -0.493 e. The summed E-state index contributed by atoms with van der Waals surface area (Å²) in [6, 6.07) is 14.1. The first kappa shape index (κ1) is 20.9. The van der Waals surface area contributed by atoms with Crippen molar-refractivity contribution in [2.45, 2.75) is 36.9 Å². The van der Waals surface area contributed by atoms with Gasteiger partial charge in [-0.1, -0.05) is 30.0 Å². The van der Waals surface area contributed by atoms with Gasteiger partial charge in [-0.25, -0.2) is 0 Å². The zero-order chi connectivity index (χ0) is 22.1. The first-order valence-corrected chi connectivity index (χ1v) is 11.8. The summed E-state index contributed by atoms with van der Waals surface area (Å²) in [7, 11) is 3.27. The van der Waals surface area contributed by atoms with Gasteiger partial charge >= 0.3 is 0 Å². The Morgan fingerprint density at radius 3 is 2.47 bits per heavy atom. The molecule has 0 bridgehead atoms. The highest BCUT2D eigenvalue weighted by Crippen LogP contribution is 2.41. The molecule has 1 fully saturated rings. The predicted molar refractivity (Wildman–Crippen MR) is 123 cm³/mol. The van der Waals surface area contributed by atoms with Crippen LogP contribution in [0.2, 0.25) is 0 Å². The van der Waals surface area contributed by atoms with Gasteiger partial charge in [0.25, 0.3) is 0 Å². The SMILES string of the molecule is COc1cc2c(cc1OC)CN(C(=O)CSc1nnc(C3CC3)n1-c1ccccc1)CC2. The molecule has 1 aromatic heterocycles. The number of hydrogen-bond acceptors (Lipinski definition) is 6. The van der Waals surface area contributed by atoms with E-state index >= 15 is 0 Å². The summed E-state index contributed by atoms with van der Waals surface area (Å²) in [4.78, 5) is 15.0. The van der Waals surface area contributed by atoms with Crippen LogP contribution in [0.3, 0.4) is 0 Å². The van der Waals surface area contributed by atoms with Crippen LogP contribution < -0.4 is 9.47 Å². The van der Waals surface area contributed by atoms with Gasteiger partial charge in [0.2, 0.25) is 5.91 Å². The van der Waals surface area contributed by atoms with Crippen LogP contribution in [0.15, 0.2) is 47.6 Å². The van der Waals surface area contributed by atoms with Gasteiger partial charge in [0, 0.05) is 24.7 Å². The Labute approximate surface area is 191 Å². The number of thioether (sulfide) groups is 1. The lowest BCUT2D eigenvalue weighted by Gasteiger charge is -2.29. The lowest BCUT2D eigenvalue weighted by Crippen LogP contribution is -2.37. The summed E-state index contributed by atoms with van der Waals surface area (Å²) in [6.45, 7) is 1.27. The molecule has 2 heterocycles. The van der Waals surface area contributed by atoms with E-state index in [1.54, 1.807) is 14.2 Å². The molecular formula is C24H26N4O3S. The third kappa shape index (κ3) is 4.07. The zero-order valence-corrected chi connectivity index (χ0v) is 19.1. The molecule has 1 saturated carbocycles. The fourth-order valence-electron chi connectivity index (χ4n) is 4.11. The smallest absolute Gasteiger partial charge is 0.233 e. The first-order chi connectivity index (χ1) is 15.7. The van der Waals surface area contributed by atoms with E-state index in [-0.39, 0.29) is 5.91 Å². The average Bonchev–Trinajstić information content (AvgIpc) is 3.60. The number of aromatic nitrogens is 3. The van der Waals surface area contributed by atoms with E-state index in [2.05, 4.69) is 26.9 Å². The van der Waals surface area contributed by atoms with Crippen LogP contribution in [0.1, 0.15) is 35.7 Å². The normalized spacial score (nSPS) is 15.4. The third-order valence-electron chi connectivity index (χ3n) is 6.01. The van der Waals surface area contributed by atoms with E-state index in [1.165, 1.54) is 17.3 Å². The molecule has 32 heavy (non-hydrogen) atoms. The van der Waals surface area contributed by atoms with Gasteiger partial charge in [0.1, 0.15) is 5.82 Å². The number of methoxy groups -OCH3 is 2. The van der Waals surface area contributed by atoms with E-state index in [9.17, 15) is 4.79 Å². The molecule has 1 amide bonds. The number of carbonyl (C=O) groups excluding carboxylic acids is 1. The number of hydrogen-bond donors (Lipinski definition) is 0. The van der Waals surface area contributed by atoms with Gasteiger partial charge in [-0.15, -0.1) is 10.2 Å². The highest BCUT2D eigenvalue weighted by Gasteiger charge is 2.31. The summed E-state index contributed by atoms with van der Waals surface area (Å²) in [6.07, 6.45) is 3.10. The Morgan fingerprint density at radius 1 is 1.06 bits per heavy atom. The Hall–Kier alpha value is -3.00. The van der Waals surface area contributed by atoms with Gasteiger partial charge in [-0.2, -0.15) is 0 Å². The summed E-state index contributed by atoms with van der Waals surface area (Å²) in [5.41, 5.74) is 3.36. The highest BCUT2D eigenvalue weighted by molar-refractivity contribution is 7.99. The lowest BCUT2D eigenvalue weighted by molar-refractivity contribution is -0.129. The Bertz CT molecular complexity index is 1130. The standard InChI is InChI=1S/C24H26N4O3S/c1-30-20-12-17-10-11-27(14-18(17)13-21(20)31-2)22(29)15-32-24-26-25-23(16-8-9-16)28(24)19-6-4-3-5-7-19/h3-7,12-13,16H,8-11,14-15H2,1-2H3. The lowest BCUT2D eigenvalue weighted by atomic mass is 9.99. The molecule has 0 unspecified atom stereocenters. The second-order valence-corrected chi connectivity index (χ2v) is 9.06. The number of amides is 1. The number of carbonyl (C=O) groups is 1. The molecule has 2 aliphatic rings. The molecule has 7 nitrogen and oxygen atoms in total. The van der Waals surface area contributed by atoms with E-state index in [0.29, 0.717) is 30.5 Å². The highest BCUT2D eigenvalue weighted by atomic mass is 32.2. The van der Waals surface area contributed by atoms with Crippen molar-refractivity contribution in [1.29, 1.82) is 0 Å². The molecule has 8 heteroatoms. The maximum absolute atomic E-state index is 13.1. The van der Waals surface area contributed by atoms with Gasteiger partial charge in [-0.05, 0) is 54.7 Å². The van der Waals surface area contributed by atoms with Gasteiger partial charge in [0.15, 0.2) is 16.7 Å². The second kappa shape index (κ2) is 8.86. The van der Waals surface area contributed by atoms with Crippen molar-refractivity contribution in [2.75, 3.05) is 26.5 Å². The van der Waals surface area contributed by atoms with Crippen LogP contribution in [-0.4, -0.2) is 52.1 Å². The van der Waals surface area contributed by atoms with Crippen LogP contribution in [0.4, 0.5) is 0 Å². The Balaban J connectivity index is 1.30. The Kier molecular flexibility index (Phi) is 5.78. The number of ether oxygens (including phenoxy) is 2. The number of para-hydroxylation sites is 1. The molecule has 1 aliphatic heterocycles. The van der Waals surface area contributed by atoms with Crippen LogP contribution in [0, 0.1) is 0 Å². The Morgan fingerprint density at radius 2 is 1.78 bits per heavy atom. The van der Waals surface area contributed by atoms with Crippen molar-refractivity contribution >= 4 is 17.7 Å². The predicted octanol–water partition coefficient (Wildman–Crippen LogP) is 3.84. The summed E-state index contributed by atoms with van der Waals surface area (Å²) in [5.74, 6) is 3.33. The van der Waals surface area contributed by atoms with Crippen molar-refractivity contribution in [2.24, 2.45) is 0 Å². The minimum atomic E-state index is 0.103. The van der Waals surface area contributed by atoms with Crippen molar-refractivity contribution in [3.05, 3.63) is 59.4 Å². The molecule has 5 rings (SSSR count). The largest absolute Gasteiger partial charge is 0.493 e. The van der Waals surface area contributed by atoms with Crippen LogP contribution in [0.25, 0.3) is 5.69 Å². The molecule has 0 N–H and O–H groups in total. The minimum absolute atomic E-state index is 0.103. The summed E-state index contributed by atoms with van der Waals surface area (Å²) in [5, 5.41) is 9.65. The topological polar surface area (TPSA) is 69.5 Å². The fourth-order valence-corrected chi connectivity index (χ4v) is 4.98. The van der Waals surface area contributed by atoms with Gasteiger partial charge < -0.3 is 14.4 Å². The van der Waals surface area contributed by atoms with Crippen molar-refractivity contribution in [3.63, 3.8) is 0 Å². The van der Waals surface area contributed by atoms with E-state index in [0.717, 1.165) is 47.2 Å². The van der Waals surface area contributed by atoms with Crippen LogP contribution in [-0.2, 0) is 17.8 Å². The van der Waals surface area contributed by atoms with Crippen molar-refractivity contribution in [3.8, 4) is 17.2 Å². The maximum Gasteiger partial charge on any atom is 0.233 e. The number of rotatable bonds is 7. The fraction of sp³-hybridized carbons (Fsp3) is 0.375. The number of nitrogens with zero attached hydrogens (tertiary/aromatic N) is 4. The molecule has 1 aliphatic carbocycles. The van der Waals surface area contributed by atoms with Gasteiger partial charge in [-0.3, -0.25) is 9.36 Å². The molecule has 0 radical (unpaired) electrons. The number of fused-ring (bicyclic) bond motifs is 1. The quantitative estimate of drug-likeness (QED) is 0.510. The van der Waals surface area contributed by atoms with Crippen LogP contribution >= 0.6 is 11.8 Å². The monoisotopic (exact) mass is 450 g/mol. The molecule has 0 saturated heterocycles. The van der Waals surface area contributed by atoms with E-state index in [1.807, 2.05) is 35.2 Å². The van der Waals surface area contributed by atoms with Gasteiger partial charge in [0.05, 0.1) is 20.0 Å². The van der Waals surface area contributed by atoms with Crippen LogP contribution in [0.5, 0.6) is 11.5 Å². The van der Waals surface area contributed by atoms with E-state index in [4.69, 9.17) is 9.47 Å². The molecule has 0 spiro atoms.